The van der Waals surface area contributed by atoms with Crippen LogP contribution in [0.5, 0.6) is 0 Å². The summed E-state index contributed by atoms with van der Waals surface area (Å²) < 4.78 is 0. The third-order valence-electron chi connectivity index (χ3n) is 3.36. The van der Waals surface area contributed by atoms with Gasteiger partial charge in [0.25, 0.3) is 0 Å². The van der Waals surface area contributed by atoms with Crippen LogP contribution in [0.4, 0.5) is 0 Å². The molecule has 0 spiro atoms. The highest BCUT2D eigenvalue weighted by Crippen LogP contribution is 2.32. The van der Waals surface area contributed by atoms with Crippen LogP contribution in [0.2, 0.25) is 0 Å². The van der Waals surface area contributed by atoms with Gasteiger partial charge in [-0.05, 0) is 18.6 Å². The molecule has 1 atom stereocenters. The fourth-order valence-electron chi connectivity index (χ4n) is 2.41. The average Bonchev–Trinajstić information content (AvgIpc) is 2.31. The molecule has 0 saturated carbocycles. The SMILES string of the molecule is NCC1(N2CCSCC2)CCCSC1. The van der Waals surface area contributed by atoms with Gasteiger partial charge in [-0.2, -0.15) is 23.5 Å². The first-order valence-corrected chi connectivity index (χ1v) is 7.79. The number of nitrogens with zero attached hydrogens (tertiary/aromatic N) is 1. The van der Waals surface area contributed by atoms with Crippen molar-refractivity contribution in [1.82, 2.24) is 4.90 Å². The second kappa shape index (κ2) is 5.10. The van der Waals surface area contributed by atoms with Crippen LogP contribution in [0.3, 0.4) is 0 Å². The van der Waals surface area contributed by atoms with Crippen molar-refractivity contribution in [3.05, 3.63) is 0 Å². The molecule has 2 nitrogen and oxygen atoms in total. The molecule has 0 aromatic carbocycles. The Hall–Kier alpha value is 0.620. The maximum absolute atomic E-state index is 6.01. The Bertz CT molecular complexity index is 175. The van der Waals surface area contributed by atoms with E-state index >= 15 is 0 Å². The van der Waals surface area contributed by atoms with Crippen molar-refractivity contribution in [3.8, 4) is 0 Å². The van der Waals surface area contributed by atoms with E-state index in [1.54, 1.807) is 0 Å². The lowest BCUT2D eigenvalue weighted by atomic mass is 9.93. The fourth-order valence-corrected chi connectivity index (χ4v) is 4.64. The zero-order valence-corrected chi connectivity index (χ0v) is 10.3. The third kappa shape index (κ3) is 2.23. The number of hydrogen-bond donors (Lipinski definition) is 1. The molecule has 2 saturated heterocycles. The lowest BCUT2D eigenvalue weighted by molar-refractivity contribution is 0.115. The molecule has 2 aliphatic rings. The molecule has 14 heavy (non-hydrogen) atoms. The van der Waals surface area contributed by atoms with Crippen LogP contribution in [0.25, 0.3) is 0 Å². The molecule has 2 N–H and O–H groups in total. The summed E-state index contributed by atoms with van der Waals surface area (Å²) in [6.07, 6.45) is 2.67. The van der Waals surface area contributed by atoms with Crippen LogP contribution in [0.1, 0.15) is 12.8 Å². The first kappa shape index (κ1) is 11.1. The maximum Gasteiger partial charge on any atom is 0.0422 e. The van der Waals surface area contributed by atoms with Crippen LogP contribution in [-0.4, -0.2) is 53.1 Å². The largest absolute Gasteiger partial charge is 0.329 e. The Labute approximate surface area is 95.4 Å². The van der Waals surface area contributed by atoms with Crippen LogP contribution in [0, 0.1) is 0 Å². The van der Waals surface area contributed by atoms with Gasteiger partial charge in [0.15, 0.2) is 0 Å². The fraction of sp³-hybridized carbons (Fsp3) is 1.00. The van der Waals surface area contributed by atoms with Crippen LogP contribution in [-0.2, 0) is 0 Å². The van der Waals surface area contributed by atoms with Crippen LogP contribution >= 0.6 is 23.5 Å². The minimum atomic E-state index is 0.351. The van der Waals surface area contributed by atoms with Gasteiger partial charge in [0.2, 0.25) is 0 Å². The van der Waals surface area contributed by atoms with E-state index in [9.17, 15) is 0 Å². The highest BCUT2D eigenvalue weighted by atomic mass is 32.2. The van der Waals surface area contributed by atoms with E-state index in [-0.39, 0.29) is 0 Å². The Morgan fingerprint density at radius 3 is 2.50 bits per heavy atom. The molecular weight excluding hydrogens is 212 g/mol. The Kier molecular flexibility index (Phi) is 4.05. The van der Waals surface area contributed by atoms with E-state index in [2.05, 4.69) is 28.4 Å². The van der Waals surface area contributed by atoms with Gasteiger partial charge in [-0.25, -0.2) is 0 Å². The molecule has 2 heterocycles. The molecule has 0 aromatic rings. The molecule has 2 aliphatic heterocycles. The first-order valence-electron chi connectivity index (χ1n) is 5.48. The maximum atomic E-state index is 6.01. The summed E-state index contributed by atoms with van der Waals surface area (Å²) >= 11 is 4.17. The van der Waals surface area contributed by atoms with Gasteiger partial charge in [0.1, 0.15) is 0 Å². The molecule has 0 bridgehead atoms. The van der Waals surface area contributed by atoms with Crippen molar-refractivity contribution < 1.29 is 0 Å². The molecule has 2 fully saturated rings. The van der Waals surface area contributed by atoms with Crippen molar-refractivity contribution in [2.45, 2.75) is 18.4 Å². The summed E-state index contributed by atoms with van der Waals surface area (Å²) in [4.78, 5) is 2.66. The predicted octanol–water partition coefficient (Wildman–Crippen LogP) is 1.26. The van der Waals surface area contributed by atoms with Gasteiger partial charge in [-0.15, -0.1) is 0 Å². The quantitative estimate of drug-likeness (QED) is 0.776. The van der Waals surface area contributed by atoms with Crippen molar-refractivity contribution in [3.63, 3.8) is 0 Å². The van der Waals surface area contributed by atoms with Gasteiger partial charge in [-0.1, -0.05) is 0 Å². The molecule has 1 unspecified atom stereocenters. The average molecular weight is 232 g/mol. The second-order valence-electron chi connectivity index (χ2n) is 4.18. The smallest absolute Gasteiger partial charge is 0.0422 e. The van der Waals surface area contributed by atoms with E-state index in [4.69, 9.17) is 5.73 Å². The Morgan fingerprint density at radius 1 is 1.14 bits per heavy atom. The second-order valence-corrected chi connectivity index (χ2v) is 6.51. The molecular formula is C10H20N2S2. The molecule has 4 heteroatoms. The molecule has 82 valence electrons. The topological polar surface area (TPSA) is 29.3 Å². The summed E-state index contributed by atoms with van der Waals surface area (Å²) in [7, 11) is 0. The lowest BCUT2D eigenvalue weighted by Gasteiger charge is -2.47. The van der Waals surface area contributed by atoms with E-state index in [0.29, 0.717) is 5.54 Å². The molecule has 2 rings (SSSR count). The van der Waals surface area contributed by atoms with Crippen molar-refractivity contribution >= 4 is 23.5 Å². The van der Waals surface area contributed by atoms with Crippen LogP contribution in [0.15, 0.2) is 0 Å². The highest BCUT2D eigenvalue weighted by molar-refractivity contribution is 7.99. The van der Waals surface area contributed by atoms with Gasteiger partial charge >= 0.3 is 0 Å². The Morgan fingerprint density at radius 2 is 1.93 bits per heavy atom. The summed E-state index contributed by atoms with van der Waals surface area (Å²) in [6.45, 7) is 3.36. The normalized spacial score (nSPS) is 35.8. The van der Waals surface area contributed by atoms with Crippen molar-refractivity contribution in [1.29, 1.82) is 0 Å². The van der Waals surface area contributed by atoms with E-state index in [1.165, 1.54) is 48.9 Å². The molecule has 0 radical (unpaired) electrons. The third-order valence-corrected chi connectivity index (χ3v) is 5.62. The van der Waals surface area contributed by atoms with Gasteiger partial charge in [0, 0.05) is 42.4 Å². The zero-order valence-electron chi connectivity index (χ0n) is 8.71. The minimum Gasteiger partial charge on any atom is -0.329 e. The highest BCUT2D eigenvalue weighted by Gasteiger charge is 2.37. The number of thioether (sulfide) groups is 2. The van der Waals surface area contributed by atoms with Gasteiger partial charge in [-0.3, -0.25) is 4.90 Å². The first-order chi connectivity index (χ1) is 6.87. The summed E-state index contributed by atoms with van der Waals surface area (Å²) in [5.74, 6) is 5.19. The molecule has 0 aromatic heterocycles. The van der Waals surface area contributed by atoms with E-state index < -0.39 is 0 Å². The Balaban J connectivity index is 2.01. The summed E-state index contributed by atoms with van der Waals surface area (Å²) in [6, 6.07) is 0. The number of nitrogens with two attached hydrogens (primary N) is 1. The van der Waals surface area contributed by atoms with Gasteiger partial charge in [0.05, 0.1) is 0 Å². The molecule has 0 amide bonds. The number of rotatable bonds is 2. The summed E-state index contributed by atoms with van der Waals surface area (Å²) in [5.41, 5.74) is 6.36. The van der Waals surface area contributed by atoms with Crippen LogP contribution < -0.4 is 5.73 Å². The van der Waals surface area contributed by atoms with Gasteiger partial charge < -0.3 is 5.73 Å². The van der Waals surface area contributed by atoms with Crippen molar-refractivity contribution in [2.24, 2.45) is 5.73 Å². The minimum absolute atomic E-state index is 0.351. The summed E-state index contributed by atoms with van der Waals surface area (Å²) in [5, 5.41) is 0. The van der Waals surface area contributed by atoms with E-state index in [1.807, 2.05) is 0 Å². The zero-order chi connectivity index (χ0) is 9.86. The predicted molar refractivity (Wildman–Crippen MR) is 67.2 cm³/mol. The molecule has 0 aliphatic carbocycles. The van der Waals surface area contributed by atoms with Crippen molar-refractivity contribution in [2.75, 3.05) is 42.6 Å². The number of hydrogen-bond acceptors (Lipinski definition) is 4. The van der Waals surface area contributed by atoms with E-state index in [0.717, 1.165) is 6.54 Å². The lowest BCUT2D eigenvalue weighted by Crippen LogP contribution is -2.59. The standard InChI is InChI=1S/C10H20N2S2/c11-8-10(2-1-5-14-9-10)12-3-6-13-7-4-12/h1-9,11H2. The monoisotopic (exact) mass is 232 g/mol.